The first-order valence-electron chi connectivity index (χ1n) is 8.18. The Kier molecular flexibility index (Phi) is 6.71. The Hall–Kier alpha value is -2.67. The minimum atomic E-state index is -0.300. The first kappa shape index (κ1) is 18.7. The molecule has 0 aliphatic heterocycles. The zero-order valence-corrected chi connectivity index (χ0v) is 15.2. The van der Waals surface area contributed by atoms with Crippen LogP contribution < -0.4 is 15.4 Å². The van der Waals surface area contributed by atoms with Crippen molar-refractivity contribution in [2.24, 2.45) is 0 Å². The monoisotopic (exact) mass is 343 g/mol. The molecule has 1 aromatic heterocycles. The molecule has 25 heavy (non-hydrogen) atoms. The van der Waals surface area contributed by atoms with Gasteiger partial charge in [-0.1, -0.05) is 12.1 Å². The van der Waals surface area contributed by atoms with E-state index in [2.05, 4.69) is 25.5 Å². The number of amides is 1. The van der Waals surface area contributed by atoms with Crippen LogP contribution in [-0.2, 0) is 0 Å². The lowest BCUT2D eigenvalue weighted by Crippen LogP contribution is -2.19. The summed E-state index contributed by atoms with van der Waals surface area (Å²) in [6.07, 6.45) is 0.965. The van der Waals surface area contributed by atoms with E-state index in [9.17, 15) is 4.79 Å². The number of rotatable bonds is 8. The van der Waals surface area contributed by atoms with Gasteiger partial charge < -0.3 is 20.3 Å². The molecule has 0 bridgehead atoms. The predicted molar refractivity (Wildman–Crippen MR) is 99.4 cm³/mol. The highest BCUT2D eigenvalue weighted by Gasteiger charge is 2.13. The van der Waals surface area contributed by atoms with Gasteiger partial charge in [0.1, 0.15) is 11.4 Å². The zero-order valence-electron chi connectivity index (χ0n) is 15.2. The summed E-state index contributed by atoms with van der Waals surface area (Å²) in [6.45, 7) is 3.56. The largest absolute Gasteiger partial charge is 0.495 e. The van der Waals surface area contributed by atoms with Crippen LogP contribution >= 0.6 is 0 Å². The molecule has 1 heterocycles. The molecule has 0 aliphatic carbocycles. The van der Waals surface area contributed by atoms with Crippen LogP contribution in [0.25, 0.3) is 0 Å². The molecule has 0 atom stereocenters. The van der Waals surface area contributed by atoms with Crippen LogP contribution in [0.3, 0.4) is 0 Å². The third-order valence-electron chi connectivity index (χ3n) is 3.51. The highest BCUT2D eigenvalue weighted by molar-refractivity contribution is 6.03. The second-order valence-electron chi connectivity index (χ2n) is 5.96. The molecule has 1 amide bonds. The number of nitrogens with zero attached hydrogens (tertiary/aromatic N) is 3. The molecular weight excluding hydrogens is 318 g/mol. The smallest absolute Gasteiger partial charge is 0.274 e. The van der Waals surface area contributed by atoms with Crippen molar-refractivity contribution in [1.82, 2.24) is 14.9 Å². The number of ether oxygens (including phenoxy) is 1. The first-order valence-corrected chi connectivity index (χ1v) is 8.18. The average molecular weight is 343 g/mol. The number of benzene rings is 1. The Labute approximate surface area is 148 Å². The van der Waals surface area contributed by atoms with Gasteiger partial charge >= 0.3 is 0 Å². The maximum Gasteiger partial charge on any atom is 0.274 e. The van der Waals surface area contributed by atoms with Gasteiger partial charge in [0.05, 0.1) is 12.8 Å². The lowest BCUT2D eigenvalue weighted by molar-refractivity contribution is 0.102. The van der Waals surface area contributed by atoms with Crippen LogP contribution in [0.4, 0.5) is 11.6 Å². The summed E-state index contributed by atoms with van der Waals surface area (Å²) in [5, 5.41) is 5.99. The topological polar surface area (TPSA) is 79.4 Å². The molecule has 0 spiro atoms. The van der Waals surface area contributed by atoms with E-state index in [1.165, 1.54) is 0 Å². The summed E-state index contributed by atoms with van der Waals surface area (Å²) < 4.78 is 5.25. The van der Waals surface area contributed by atoms with Gasteiger partial charge in [-0.25, -0.2) is 9.97 Å². The molecule has 0 aliphatic rings. The molecule has 7 heteroatoms. The number of hydrogen-bond acceptors (Lipinski definition) is 6. The van der Waals surface area contributed by atoms with Gasteiger partial charge in [0.2, 0.25) is 5.95 Å². The SMILES string of the molecule is COc1ccccc1NC(=O)c1cc(C)nc(NCCCN(C)C)n1. The van der Waals surface area contributed by atoms with Crippen LogP contribution in [0.15, 0.2) is 30.3 Å². The van der Waals surface area contributed by atoms with Gasteiger partial charge in [-0.3, -0.25) is 4.79 Å². The number of aromatic nitrogens is 2. The number of carbonyl (C=O) groups is 1. The van der Waals surface area contributed by atoms with Gasteiger partial charge in [-0.15, -0.1) is 0 Å². The van der Waals surface area contributed by atoms with Crippen molar-refractivity contribution in [3.63, 3.8) is 0 Å². The van der Waals surface area contributed by atoms with Gasteiger partial charge in [0, 0.05) is 12.2 Å². The van der Waals surface area contributed by atoms with Crippen molar-refractivity contribution in [2.45, 2.75) is 13.3 Å². The van der Waals surface area contributed by atoms with E-state index in [1.807, 2.05) is 33.2 Å². The van der Waals surface area contributed by atoms with Crippen LogP contribution in [0, 0.1) is 6.92 Å². The van der Waals surface area contributed by atoms with Crippen molar-refractivity contribution >= 4 is 17.5 Å². The molecule has 0 saturated heterocycles. The molecule has 134 valence electrons. The van der Waals surface area contributed by atoms with Crippen LogP contribution in [0.2, 0.25) is 0 Å². The van der Waals surface area contributed by atoms with Crippen LogP contribution in [0.5, 0.6) is 5.75 Å². The van der Waals surface area contributed by atoms with Gasteiger partial charge in [0.25, 0.3) is 5.91 Å². The maximum absolute atomic E-state index is 12.5. The maximum atomic E-state index is 12.5. The molecule has 0 unspecified atom stereocenters. The summed E-state index contributed by atoms with van der Waals surface area (Å²) in [4.78, 5) is 23.3. The number of methoxy groups -OCH3 is 1. The Bertz CT molecular complexity index is 718. The van der Waals surface area contributed by atoms with E-state index in [0.717, 1.165) is 25.2 Å². The Morgan fingerprint density at radius 3 is 2.72 bits per heavy atom. The lowest BCUT2D eigenvalue weighted by atomic mass is 10.2. The fourth-order valence-electron chi connectivity index (χ4n) is 2.29. The second kappa shape index (κ2) is 8.98. The summed E-state index contributed by atoms with van der Waals surface area (Å²) in [5.74, 6) is 0.763. The van der Waals surface area contributed by atoms with Crippen molar-refractivity contribution in [2.75, 3.05) is 44.9 Å². The zero-order chi connectivity index (χ0) is 18.2. The van der Waals surface area contributed by atoms with Crippen molar-refractivity contribution in [1.29, 1.82) is 0 Å². The number of carbonyl (C=O) groups excluding carboxylic acids is 1. The minimum Gasteiger partial charge on any atom is -0.495 e. The number of para-hydroxylation sites is 2. The van der Waals surface area contributed by atoms with Crippen molar-refractivity contribution < 1.29 is 9.53 Å². The normalized spacial score (nSPS) is 10.6. The van der Waals surface area contributed by atoms with Crippen molar-refractivity contribution in [3.05, 3.63) is 41.7 Å². The van der Waals surface area contributed by atoms with Crippen LogP contribution in [-0.4, -0.2) is 55.1 Å². The molecule has 0 saturated carbocycles. The van der Waals surface area contributed by atoms with Gasteiger partial charge in [-0.05, 0) is 52.2 Å². The van der Waals surface area contributed by atoms with E-state index in [1.54, 1.807) is 25.3 Å². The first-order chi connectivity index (χ1) is 12.0. The molecule has 1 aromatic carbocycles. The minimum absolute atomic E-state index is 0.300. The number of aryl methyl sites for hydroxylation is 1. The van der Waals surface area contributed by atoms with Gasteiger partial charge in [0.15, 0.2) is 0 Å². The molecule has 7 nitrogen and oxygen atoms in total. The fraction of sp³-hybridized carbons (Fsp3) is 0.389. The summed E-state index contributed by atoms with van der Waals surface area (Å²) >= 11 is 0. The third kappa shape index (κ3) is 5.72. The van der Waals surface area contributed by atoms with E-state index < -0.39 is 0 Å². The molecule has 0 fully saturated rings. The second-order valence-corrected chi connectivity index (χ2v) is 5.96. The predicted octanol–water partition coefficient (Wildman–Crippen LogP) is 2.41. The standard InChI is InChI=1S/C18H25N5O2/c1-13-12-15(22-18(20-13)19-10-7-11-23(2)3)17(24)21-14-8-5-6-9-16(14)25-4/h5-6,8-9,12H,7,10-11H2,1-4H3,(H,21,24)(H,19,20,22). The third-order valence-corrected chi connectivity index (χ3v) is 3.51. The number of anilines is 2. The average Bonchev–Trinajstić information content (AvgIpc) is 2.58. The van der Waals surface area contributed by atoms with Crippen molar-refractivity contribution in [3.8, 4) is 5.75 Å². The van der Waals surface area contributed by atoms with E-state index in [-0.39, 0.29) is 5.91 Å². The summed E-state index contributed by atoms with van der Waals surface area (Å²) in [6, 6.07) is 8.92. The molecule has 2 rings (SSSR count). The highest BCUT2D eigenvalue weighted by Crippen LogP contribution is 2.23. The highest BCUT2D eigenvalue weighted by atomic mass is 16.5. The van der Waals surface area contributed by atoms with Crippen LogP contribution in [0.1, 0.15) is 22.6 Å². The Morgan fingerprint density at radius 1 is 1.24 bits per heavy atom. The Balaban J connectivity index is 2.06. The Morgan fingerprint density at radius 2 is 2.00 bits per heavy atom. The quantitative estimate of drug-likeness (QED) is 0.717. The number of hydrogen-bond donors (Lipinski definition) is 2. The lowest BCUT2D eigenvalue weighted by Gasteiger charge is -2.12. The summed E-state index contributed by atoms with van der Waals surface area (Å²) in [5.41, 5.74) is 1.65. The van der Waals surface area contributed by atoms with E-state index in [0.29, 0.717) is 23.1 Å². The molecule has 2 aromatic rings. The summed E-state index contributed by atoms with van der Waals surface area (Å²) in [7, 11) is 5.63. The van der Waals surface area contributed by atoms with E-state index in [4.69, 9.17) is 4.74 Å². The molecule has 2 N–H and O–H groups in total. The molecule has 0 radical (unpaired) electrons. The number of nitrogens with one attached hydrogen (secondary N) is 2. The van der Waals surface area contributed by atoms with Gasteiger partial charge in [-0.2, -0.15) is 0 Å². The molecular formula is C18H25N5O2. The van der Waals surface area contributed by atoms with E-state index >= 15 is 0 Å². The fourth-order valence-corrected chi connectivity index (χ4v) is 2.29.